The molecular weight excluding hydrogens is 266 g/mol. The largest absolute Gasteiger partial charge is 0.480 e. The van der Waals surface area contributed by atoms with Gasteiger partial charge < -0.3 is 24.9 Å². The molecule has 0 bridgehead atoms. The number of amides is 3. The number of hydrogen-bond donors (Lipinski definition) is 2. The highest BCUT2D eigenvalue weighted by atomic mass is 16.4. The number of carbonyl (C=O) groups is 3. The quantitative estimate of drug-likeness (QED) is 0.629. The monoisotopic (exact) mass is 285 g/mol. The second-order valence-electron chi connectivity index (χ2n) is 5.27. The number of aliphatic hydroxyl groups is 1. The van der Waals surface area contributed by atoms with Gasteiger partial charge in [0, 0.05) is 33.1 Å². The van der Waals surface area contributed by atoms with E-state index < -0.39 is 24.1 Å². The van der Waals surface area contributed by atoms with Gasteiger partial charge in [0.2, 0.25) is 5.91 Å². The maximum Gasteiger partial charge on any atom is 0.326 e. The Morgan fingerprint density at radius 1 is 1.30 bits per heavy atom. The maximum atomic E-state index is 12.4. The van der Waals surface area contributed by atoms with Crippen molar-refractivity contribution in [3.05, 3.63) is 0 Å². The molecule has 0 aromatic carbocycles. The summed E-state index contributed by atoms with van der Waals surface area (Å²) in [7, 11) is 1.68. The number of nitrogens with zero attached hydrogens (tertiary/aromatic N) is 3. The first-order chi connectivity index (χ1) is 9.40. The van der Waals surface area contributed by atoms with Crippen LogP contribution in [-0.4, -0.2) is 88.2 Å². The molecule has 2 saturated heterocycles. The molecule has 0 spiro atoms. The fraction of sp³-hybridized carbons (Fsp3) is 0.750. The van der Waals surface area contributed by atoms with Gasteiger partial charge in [-0.25, -0.2) is 9.59 Å². The average Bonchev–Trinajstić information content (AvgIpc) is 2.70. The summed E-state index contributed by atoms with van der Waals surface area (Å²) in [6, 6.07) is -1.51. The molecule has 0 aliphatic carbocycles. The molecule has 20 heavy (non-hydrogen) atoms. The molecule has 0 aromatic rings. The predicted octanol–water partition coefficient (Wildman–Crippen LogP) is -1.21. The number of hydrogen-bond acceptors (Lipinski definition) is 4. The van der Waals surface area contributed by atoms with Crippen LogP contribution in [0, 0.1) is 0 Å². The number of urea groups is 1. The molecule has 1 unspecified atom stereocenters. The first-order valence-corrected chi connectivity index (χ1v) is 6.60. The molecule has 2 heterocycles. The number of likely N-dealkylation sites (N-methyl/N-ethyl adjacent to an activating group) is 1. The van der Waals surface area contributed by atoms with Crippen molar-refractivity contribution in [3.8, 4) is 0 Å². The molecule has 2 rings (SSSR count). The summed E-state index contributed by atoms with van der Waals surface area (Å²) >= 11 is 0. The van der Waals surface area contributed by atoms with E-state index in [4.69, 9.17) is 5.11 Å². The van der Waals surface area contributed by atoms with E-state index in [0.717, 1.165) is 4.90 Å². The molecule has 112 valence electrons. The number of rotatable bonds is 1. The Labute approximate surface area is 116 Å². The van der Waals surface area contributed by atoms with E-state index in [0.29, 0.717) is 19.5 Å². The van der Waals surface area contributed by atoms with Gasteiger partial charge in [0.25, 0.3) is 0 Å². The lowest BCUT2D eigenvalue weighted by Crippen LogP contribution is -2.49. The first-order valence-electron chi connectivity index (χ1n) is 6.60. The first kappa shape index (κ1) is 14.6. The van der Waals surface area contributed by atoms with E-state index in [9.17, 15) is 19.5 Å². The standard InChI is InChI=1S/C12H19N3O5/c1-13-3-2-4-14(7-10(13)17)12(20)15-6-8(16)5-9(15)11(18)19/h8-9,16H,2-7H2,1H3,(H,18,19)/t8?,9-/m0/s1. The molecule has 2 aliphatic heterocycles. The molecule has 0 radical (unpaired) electrons. The molecule has 3 amide bonds. The third-order valence-corrected chi connectivity index (χ3v) is 3.75. The fourth-order valence-corrected chi connectivity index (χ4v) is 2.59. The lowest BCUT2D eigenvalue weighted by molar-refractivity contribution is -0.141. The molecule has 8 heteroatoms. The molecule has 8 nitrogen and oxygen atoms in total. The minimum atomic E-state index is -1.13. The summed E-state index contributed by atoms with van der Waals surface area (Å²) in [5, 5.41) is 18.7. The van der Waals surface area contributed by atoms with Crippen molar-refractivity contribution < 1.29 is 24.6 Å². The van der Waals surface area contributed by atoms with Crippen LogP contribution in [0.3, 0.4) is 0 Å². The van der Waals surface area contributed by atoms with Crippen LogP contribution in [0.25, 0.3) is 0 Å². The number of carbonyl (C=O) groups excluding carboxylic acids is 2. The third-order valence-electron chi connectivity index (χ3n) is 3.75. The van der Waals surface area contributed by atoms with Crippen molar-refractivity contribution in [2.24, 2.45) is 0 Å². The zero-order valence-corrected chi connectivity index (χ0v) is 11.4. The van der Waals surface area contributed by atoms with Gasteiger partial charge >= 0.3 is 12.0 Å². The van der Waals surface area contributed by atoms with Crippen molar-refractivity contribution in [1.82, 2.24) is 14.7 Å². The van der Waals surface area contributed by atoms with E-state index in [2.05, 4.69) is 0 Å². The predicted molar refractivity (Wildman–Crippen MR) is 68.0 cm³/mol. The normalized spacial score (nSPS) is 27.7. The third kappa shape index (κ3) is 2.84. The summed E-state index contributed by atoms with van der Waals surface area (Å²) in [6.45, 7) is 0.937. The molecule has 2 aliphatic rings. The van der Waals surface area contributed by atoms with Crippen LogP contribution in [0.1, 0.15) is 12.8 Å². The van der Waals surface area contributed by atoms with Crippen LogP contribution in [0.2, 0.25) is 0 Å². The highest BCUT2D eigenvalue weighted by Crippen LogP contribution is 2.20. The zero-order valence-electron chi connectivity index (χ0n) is 11.4. The van der Waals surface area contributed by atoms with Crippen LogP contribution in [0.5, 0.6) is 0 Å². The van der Waals surface area contributed by atoms with Crippen molar-refractivity contribution in [1.29, 1.82) is 0 Å². The Hall–Kier alpha value is -1.83. The van der Waals surface area contributed by atoms with Gasteiger partial charge in [-0.1, -0.05) is 0 Å². The van der Waals surface area contributed by atoms with E-state index >= 15 is 0 Å². The van der Waals surface area contributed by atoms with Gasteiger partial charge in [0.15, 0.2) is 0 Å². The molecule has 0 aromatic heterocycles. The number of carboxylic acids is 1. The molecule has 0 saturated carbocycles. The van der Waals surface area contributed by atoms with Crippen LogP contribution in [0.15, 0.2) is 0 Å². The highest BCUT2D eigenvalue weighted by Gasteiger charge is 2.41. The smallest absolute Gasteiger partial charge is 0.326 e. The average molecular weight is 285 g/mol. The Kier molecular flexibility index (Phi) is 4.12. The van der Waals surface area contributed by atoms with Crippen LogP contribution in [0.4, 0.5) is 4.79 Å². The van der Waals surface area contributed by atoms with E-state index in [1.54, 1.807) is 11.9 Å². The lowest BCUT2D eigenvalue weighted by Gasteiger charge is -2.28. The number of β-amino-alcohol motifs (C(OH)–C–C–N with tert-alkyl or cyclic N) is 1. The summed E-state index contributed by atoms with van der Waals surface area (Å²) in [5.74, 6) is -1.30. The number of carboxylic acid groups (broad SMARTS) is 1. The van der Waals surface area contributed by atoms with Gasteiger partial charge in [-0.15, -0.1) is 0 Å². The van der Waals surface area contributed by atoms with Gasteiger partial charge in [0.05, 0.1) is 6.10 Å². The van der Waals surface area contributed by atoms with Crippen LogP contribution < -0.4 is 0 Å². The van der Waals surface area contributed by atoms with Crippen LogP contribution in [-0.2, 0) is 9.59 Å². The Balaban J connectivity index is 2.09. The minimum absolute atomic E-state index is 0.00364. The second kappa shape index (κ2) is 5.66. The van der Waals surface area contributed by atoms with Crippen molar-refractivity contribution >= 4 is 17.9 Å². The molecule has 2 N–H and O–H groups in total. The zero-order chi connectivity index (χ0) is 14.9. The molecule has 2 fully saturated rings. The molecule has 2 atom stereocenters. The minimum Gasteiger partial charge on any atom is -0.480 e. The summed E-state index contributed by atoms with van der Waals surface area (Å²) < 4.78 is 0. The highest BCUT2D eigenvalue weighted by molar-refractivity contribution is 5.87. The summed E-state index contributed by atoms with van der Waals surface area (Å²) in [6.07, 6.45) is -0.143. The van der Waals surface area contributed by atoms with Gasteiger partial charge in [-0.2, -0.15) is 0 Å². The van der Waals surface area contributed by atoms with Crippen molar-refractivity contribution in [2.45, 2.75) is 25.0 Å². The Morgan fingerprint density at radius 2 is 2.00 bits per heavy atom. The van der Waals surface area contributed by atoms with Gasteiger partial charge in [-0.3, -0.25) is 4.79 Å². The van der Waals surface area contributed by atoms with E-state index in [1.165, 1.54) is 4.90 Å². The van der Waals surface area contributed by atoms with Gasteiger partial charge in [0.1, 0.15) is 12.6 Å². The molecular formula is C12H19N3O5. The number of aliphatic carboxylic acids is 1. The Morgan fingerprint density at radius 3 is 2.65 bits per heavy atom. The fourth-order valence-electron chi connectivity index (χ4n) is 2.59. The SMILES string of the molecule is CN1CCCN(C(=O)N2CC(O)C[C@H]2C(=O)O)CC1=O. The maximum absolute atomic E-state index is 12.4. The van der Waals surface area contributed by atoms with E-state index in [1.807, 2.05) is 0 Å². The number of aliphatic hydroxyl groups excluding tert-OH is 1. The van der Waals surface area contributed by atoms with Crippen molar-refractivity contribution in [3.63, 3.8) is 0 Å². The van der Waals surface area contributed by atoms with Gasteiger partial charge in [-0.05, 0) is 6.42 Å². The second-order valence-corrected chi connectivity index (χ2v) is 5.27. The summed E-state index contributed by atoms with van der Waals surface area (Å²) in [4.78, 5) is 39.3. The van der Waals surface area contributed by atoms with Crippen molar-refractivity contribution in [2.75, 3.05) is 33.2 Å². The summed E-state index contributed by atoms with van der Waals surface area (Å²) in [5.41, 5.74) is 0. The van der Waals surface area contributed by atoms with Crippen LogP contribution >= 0.6 is 0 Å². The topological polar surface area (TPSA) is 101 Å². The lowest BCUT2D eigenvalue weighted by atomic mass is 10.2. The van der Waals surface area contributed by atoms with E-state index in [-0.39, 0.29) is 25.4 Å². The Bertz CT molecular complexity index is 427. The number of likely N-dealkylation sites (tertiary alicyclic amines) is 1.